The number of aryl methyl sites for hydroxylation is 1. The van der Waals surface area contributed by atoms with E-state index in [2.05, 4.69) is 41.3 Å². The molecule has 1 aromatic heterocycles. The van der Waals surface area contributed by atoms with Gasteiger partial charge in [-0.05, 0) is 71.8 Å². The monoisotopic (exact) mass is 503 g/mol. The molecule has 5 aromatic rings. The average molecular weight is 504 g/mol. The summed E-state index contributed by atoms with van der Waals surface area (Å²) in [7, 11) is 0. The molecule has 0 bridgehead atoms. The van der Waals surface area contributed by atoms with Crippen LogP contribution in [0.25, 0.3) is 16.8 Å². The van der Waals surface area contributed by atoms with Gasteiger partial charge in [0.05, 0.1) is 16.9 Å². The van der Waals surface area contributed by atoms with Crippen LogP contribution in [0.2, 0.25) is 0 Å². The van der Waals surface area contributed by atoms with Gasteiger partial charge in [-0.15, -0.1) is 11.3 Å². The Morgan fingerprint density at radius 1 is 0.778 bits per heavy atom. The fourth-order valence-electron chi connectivity index (χ4n) is 4.54. The van der Waals surface area contributed by atoms with Crippen LogP contribution in [-0.2, 0) is 4.79 Å². The molecular weight excluding hydrogens is 482 g/mol. The fraction of sp³-hybridized carbons (Fsp3) is 0.0323. The molecule has 2 heterocycles. The number of ketones is 1. The lowest BCUT2D eigenvalue weighted by atomic mass is 9.95. The van der Waals surface area contributed by atoms with E-state index in [1.54, 1.807) is 29.2 Å². The van der Waals surface area contributed by atoms with E-state index in [0.29, 0.717) is 11.8 Å². The third-order valence-corrected chi connectivity index (χ3v) is 8.44. The highest BCUT2D eigenvalue weighted by molar-refractivity contribution is 7.99. The molecule has 0 saturated carbocycles. The summed E-state index contributed by atoms with van der Waals surface area (Å²) in [6.45, 7) is 1.91. The van der Waals surface area contributed by atoms with Crippen LogP contribution in [0.5, 0.6) is 0 Å². The van der Waals surface area contributed by atoms with Crippen molar-refractivity contribution in [2.75, 3.05) is 4.90 Å². The summed E-state index contributed by atoms with van der Waals surface area (Å²) in [6.07, 6.45) is 2.37. The number of para-hydroxylation sites is 2. The van der Waals surface area contributed by atoms with Crippen molar-refractivity contribution in [2.45, 2.75) is 16.7 Å². The summed E-state index contributed by atoms with van der Waals surface area (Å²) in [5.74, 6) is -0.256. The Bertz CT molecular complexity index is 1640. The predicted molar refractivity (Wildman–Crippen MR) is 150 cm³/mol. The zero-order valence-electron chi connectivity index (χ0n) is 19.5. The molecule has 0 atom stereocenters. The highest BCUT2D eigenvalue weighted by atomic mass is 32.2. The van der Waals surface area contributed by atoms with Crippen molar-refractivity contribution >= 4 is 68.4 Å². The second kappa shape index (κ2) is 9.26. The number of benzene rings is 4. The maximum absolute atomic E-state index is 13.4. The van der Waals surface area contributed by atoms with Crippen LogP contribution in [0.3, 0.4) is 0 Å². The summed E-state index contributed by atoms with van der Waals surface area (Å²) in [4.78, 5) is 30.9. The number of hydrogen-bond donors (Lipinski definition) is 0. The largest absolute Gasteiger partial charge is 0.300 e. The predicted octanol–water partition coefficient (Wildman–Crippen LogP) is 8.61. The standard InChI is InChI=1S/C31H21NO2S2/c1-20-16-21-8-2-3-9-22(21)18-25(20)31(34)23(19-33)17-24-14-15-30(35-24)32-26-10-4-6-12-28(26)36-29-13-7-5-11-27(29)32/h2-19H,1H3/b23-17+. The van der Waals surface area contributed by atoms with Gasteiger partial charge in [-0.1, -0.05) is 66.4 Å². The number of thiophene rings is 1. The van der Waals surface area contributed by atoms with Crippen LogP contribution in [0.15, 0.2) is 112 Å². The van der Waals surface area contributed by atoms with Gasteiger partial charge < -0.3 is 0 Å². The van der Waals surface area contributed by atoms with Crippen molar-refractivity contribution < 1.29 is 9.59 Å². The van der Waals surface area contributed by atoms with Crippen LogP contribution in [0, 0.1) is 6.92 Å². The molecule has 5 heteroatoms. The third kappa shape index (κ3) is 3.96. The number of fused-ring (bicyclic) bond motifs is 3. The Hall–Kier alpha value is -3.93. The first-order valence-corrected chi connectivity index (χ1v) is 13.2. The Kier molecular flexibility index (Phi) is 5.80. The number of Topliss-reactive ketones (excluding diaryl/α,β-unsaturated/α-hetero) is 1. The molecule has 0 aliphatic carbocycles. The zero-order valence-corrected chi connectivity index (χ0v) is 21.1. The van der Waals surface area contributed by atoms with Crippen LogP contribution in [0.4, 0.5) is 16.4 Å². The SMILES string of the molecule is Cc1cc2ccccc2cc1C(=O)/C(C=O)=C/c1ccc(N2c3ccccc3Sc3ccccc32)s1. The summed E-state index contributed by atoms with van der Waals surface area (Å²) in [6, 6.07) is 32.5. The van der Waals surface area contributed by atoms with Crippen molar-refractivity contribution in [3.05, 3.63) is 119 Å². The van der Waals surface area contributed by atoms with E-state index < -0.39 is 0 Å². The molecule has 36 heavy (non-hydrogen) atoms. The number of carbonyl (C=O) groups excluding carboxylic acids is 2. The third-order valence-electron chi connectivity index (χ3n) is 6.29. The van der Waals surface area contributed by atoms with Gasteiger partial charge in [-0.2, -0.15) is 0 Å². The molecular formula is C31H21NO2S2. The second-order valence-electron chi connectivity index (χ2n) is 8.61. The average Bonchev–Trinajstić information content (AvgIpc) is 3.37. The minimum Gasteiger partial charge on any atom is -0.300 e. The molecule has 0 radical (unpaired) electrons. The Balaban J connectivity index is 1.38. The van der Waals surface area contributed by atoms with Gasteiger partial charge in [-0.25, -0.2) is 0 Å². The summed E-state index contributed by atoms with van der Waals surface area (Å²) in [5.41, 5.74) is 3.81. The van der Waals surface area contributed by atoms with Crippen molar-refractivity contribution in [3.63, 3.8) is 0 Å². The number of rotatable bonds is 5. The van der Waals surface area contributed by atoms with E-state index in [-0.39, 0.29) is 11.4 Å². The maximum Gasteiger partial charge on any atom is 0.196 e. The van der Waals surface area contributed by atoms with E-state index in [9.17, 15) is 9.59 Å². The van der Waals surface area contributed by atoms with Crippen LogP contribution >= 0.6 is 23.1 Å². The van der Waals surface area contributed by atoms with Gasteiger partial charge >= 0.3 is 0 Å². The maximum atomic E-state index is 13.4. The fourth-order valence-corrected chi connectivity index (χ4v) is 6.59. The normalized spacial score (nSPS) is 12.8. The Morgan fingerprint density at radius 2 is 1.39 bits per heavy atom. The van der Waals surface area contributed by atoms with E-state index in [1.165, 1.54) is 9.79 Å². The highest BCUT2D eigenvalue weighted by Gasteiger charge is 2.25. The molecule has 6 rings (SSSR count). The molecule has 3 nitrogen and oxygen atoms in total. The molecule has 1 aliphatic rings. The molecule has 174 valence electrons. The molecule has 0 N–H and O–H groups in total. The van der Waals surface area contributed by atoms with E-state index >= 15 is 0 Å². The number of nitrogens with zero attached hydrogens (tertiary/aromatic N) is 1. The summed E-state index contributed by atoms with van der Waals surface area (Å²) < 4.78 is 0. The second-order valence-corrected chi connectivity index (χ2v) is 10.8. The van der Waals surface area contributed by atoms with Gasteiger partial charge in [0, 0.05) is 20.2 Å². The van der Waals surface area contributed by atoms with Crippen molar-refractivity contribution in [1.82, 2.24) is 0 Å². The van der Waals surface area contributed by atoms with Gasteiger partial charge in [0.2, 0.25) is 0 Å². The van der Waals surface area contributed by atoms with E-state index in [4.69, 9.17) is 0 Å². The Labute approximate surface area is 217 Å². The number of hydrogen-bond acceptors (Lipinski definition) is 5. The molecule has 0 saturated heterocycles. The number of carbonyl (C=O) groups is 2. The zero-order chi connectivity index (χ0) is 24.6. The quantitative estimate of drug-likeness (QED) is 0.0776. The first-order chi connectivity index (χ1) is 17.6. The lowest BCUT2D eigenvalue weighted by Gasteiger charge is -2.31. The number of anilines is 3. The summed E-state index contributed by atoms with van der Waals surface area (Å²) in [5, 5.41) is 3.09. The first kappa shape index (κ1) is 22.5. The van der Waals surface area contributed by atoms with Crippen LogP contribution in [-0.4, -0.2) is 12.1 Å². The lowest BCUT2D eigenvalue weighted by Crippen LogP contribution is -2.13. The molecule has 4 aromatic carbocycles. The molecule has 1 aliphatic heterocycles. The summed E-state index contributed by atoms with van der Waals surface area (Å²) >= 11 is 3.32. The van der Waals surface area contributed by atoms with Gasteiger partial charge in [0.25, 0.3) is 0 Å². The van der Waals surface area contributed by atoms with Crippen LogP contribution in [0.1, 0.15) is 20.8 Å². The van der Waals surface area contributed by atoms with Crippen LogP contribution < -0.4 is 4.90 Å². The lowest BCUT2D eigenvalue weighted by molar-refractivity contribution is -0.104. The van der Waals surface area contributed by atoms with Gasteiger partial charge in [-0.3, -0.25) is 14.5 Å². The highest BCUT2D eigenvalue weighted by Crippen LogP contribution is 2.52. The molecule has 0 spiro atoms. The van der Waals surface area contributed by atoms with Crippen molar-refractivity contribution in [3.8, 4) is 0 Å². The van der Waals surface area contributed by atoms with E-state index in [0.717, 1.165) is 37.6 Å². The topological polar surface area (TPSA) is 37.4 Å². The molecule has 0 fully saturated rings. The van der Waals surface area contributed by atoms with E-state index in [1.807, 2.05) is 67.6 Å². The first-order valence-electron chi connectivity index (χ1n) is 11.6. The van der Waals surface area contributed by atoms with Gasteiger partial charge in [0.15, 0.2) is 12.1 Å². The van der Waals surface area contributed by atoms with Crippen molar-refractivity contribution in [1.29, 1.82) is 0 Å². The molecule has 0 amide bonds. The number of allylic oxidation sites excluding steroid dienone is 1. The minimum atomic E-state index is -0.256. The minimum absolute atomic E-state index is 0.150. The number of aldehydes is 1. The van der Waals surface area contributed by atoms with Crippen molar-refractivity contribution in [2.24, 2.45) is 0 Å². The van der Waals surface area contributed by atoms with Gasteiger partial charge in [0.1, 0.15) is 5.00 Å². The Morgan fingerprint density at radius 3 is 2.06 bits per heavy atom. The smallest absolute Gasteiger partial charge is 0.196 e. The molecule has 0 unspecified atom stereocenters.